The van der Waals surface area contributed by atoms with Crippen LogP contribution in [0, 0.1) is 6.92 Å². The number of thioether (sulfide) groups is 1. The fraction of sp³-hybridized carbons (Fsp3) is 0.118. The van der Waals surface area contributed by atoms with Crippen LogP contribution >= 0.6 is 11.8 Å². The molecule has 6 heteroatoms. The van der Waals surface area contributed by atoms with Crippen LogP contribution in [0.1, 0.15) is 11.4 Å². The SMILES string of the molecule is Cc1cccc(N=C(N)SCc2nc3ccccc3c(=O)[nH]2)c1. The average molecular weight is 324 g/mol. The van der Waals surface area contributed by atoms with E-state index in [1.807, 2.05) is 49.4 Å². The Morgan fingerprint density at radius 2 is 2.09 bits per heavy atom. The Balaban J connectivity index is 1.76. The van der Waals surface area contributed by atoms with Crippen LogP contribution in [0.2, 0.25) is 0 Å². The molecule has 0 aliphatic heterocycles. The van der Waals surface area contributed by atoms with E-state index in [1.165, 1.54) is 11.8 Å². The molecule has 3 N–H and O–H groups in total. The van der Waals surface area contributed by atoms with Crippen molar-refractivity contribution in [1.82, 2.24) is 9.97 Å². The van der Waals surface area contributed by atoms with E-state index in [4.69, 9.17) is 5.73 Å². The highest BCUT2D eigenvalue weighted by atomic mass is 32.2. The number of benzene rings is 2. The summed E-state index contributed by atoms with van der Waals surface area (Å²) in [6.07, 6.45) is 0. The second-order valence-electron chi connectivity index (χ2n) is 5.11. The van der Waals surface area contributed by atoms with E-state index in [2.05, 4.69) is 15.0 Å². The lowest BCUT2D eigenvalue weighted by Gasteiger charge is -2.03. The van der Waals surface area contributed by atoms with Crippen LogP contribution in [0.15, 0.2) is 58.3 Å². The lowest BCUT2D eigenvalue weighted by Crippen LogP contribution is -2.13. The third-order valence-electron chi connectivity index (χ3n) is 3.26. The Hall–Kier alpha value is -2.60. The van der Waals surface area contributed by atoms with E-state index in [9.17, 15) is 4.79 Å². The quantitative estimate of drug-likeness (QED) is 0.573. The molecule has 0 spiro atoms. The van der Waals surface area contributed by atoms with Crippen LogP contribution in [0.4, 0.5) is 5.69 Å². The summed E-state index contributed by atoms with van der Waals surface area (Å²) in [5.74, 6) is 1.04. The molecule has 23 heavy (non-hydrogen) atoms. The fourth-order valence-corrected chi connectivity index (χ4v) is 2.79. The van der Waals surface area contributed by atoms with Gasteiger partial charge < -0.3 is 10.7 Å². The summed E-state index contributed by atoms with van der Waals surface area (Å²) in [7, 11) is 0. The molecule has 0 amide bonds. The van der Waals surface area contributed by atoms with Gasteiger partial charge in [0.15, 0.2) is 5.17 Å². The minimum absolute atomic E-state index is 0.139. The van der Waals surface area contributed by atoms with Crippen LogP contribution < -0.4 is 11.3 Å². The lowest BCUT2D eigenvalue weighted by atomic mass is 10.2. The number of aliphatic imine (C=N–C) groups is 1. The molecule has 3 rings (SSSR count). The Kier molecular flexibility index (Phi) is 4.43. The van der Waals surface area contributed by atoms with Gasteiger partial charge in [0, 0.05) is 0 Å². The number of fused-ring (bicyclic) bond motifs is 1. The second-order valence-corrected chi connectivity index (χ2v) is 6.10. The monoisotopic (exact) mass is 324 g/mol. The largest absolute Gasteiger partial charge is 0.378 e. The van der Waals surface area contributed by atoms with E-state index >= 15 is 0 Å². The number of nitrogens with two attached hydrogens (primary N) is 1. The van der Waals surface area contributed by atoms with Crippen molar-refractivity contribution in [3.05, 3.63) is 70.3 Å². The van der Waals surface area contributed by atoms with E-state index in [0.717, 1.165) is 11.3 Å². The summed E-state index contributed by atoms with van der Waals surface area (Å²) in [4.78, 5) is 23.6. The van der Waals surface area contributed by atoms with Gasteiger partial charge in [0.2, 0.25) is 0 Å². The Morgan fingerprint density at radius 1 is 1.26 bits per heavy atom. The highest BCUT2D eigenvalue weighted by Crippen LogP contribution is 2.17. The topological polar surface area (TPSA) is 84.1 Å². The molecule has 0 unspecified atom stereocenters. The van der Waals surface area contributed by atoms with Crippen molar-refractivity contribution in [1.29, 1.82) is 0 Å². The zero-order valence-electron chi connectivity index (χ0n) is 12.6. The van der Waals surface area contributed by atoms with Crippen molar-refractivity contribution in [2.75, 3.05) is 0 Å². The van der Waals surface area contributed by atoms with Crippen molar-refractivity contribution in [3.8, 4) is 0 Å². The first-order valence-electron chi connectivity index (χ1n) is 7.13. The van der Waals surface area contributed by atoms with E-state index in [1.54, 1.807) is 6.07 Å². The van der Waals surface area contributed by atoms with Crippen molar-refractivity contribution >= 4 is 33.5 Å². The molecule has 0 atom stereocenters. The number of amidine groups is 1. The molecule has 5 nitrogen and oxygen atoms in total. The van der Waals surface area contributed by atoms with E-state index in [-0.39, 0.29) is 5.56 Å². The number of aryl methyl sites for hydroxylation is 1. The summed E-state index contributed by atoms with van der Waals surface area (Å²) in [5.41, 5.74) is 8.43. The maximum Gasteiger partial charge on any atom is 0.258 e. The molecule has 0 fully saturated rings. The standard InChI is InChI=1S/C17H16N4OS/c1-11-5-4-6-12(9-11)19-17(18)23-10-15-20-14-8-3-2-7-13(14)16(22)21-15/h2-9H,10H2,1H3,(H2,18,19)(H,20,21,22). The molecule has 1 aromatic heterocycles. The van der Waals surface area contributed by atoms with E-state index in [0.29, 0.717) is 27.6 Å². The third kappa shape index (κ3) is 3.78. The van der Waals surface area contributed by atoms with Crippen LogP contribution in [-0.2, 0) is 5.75 Å². The minimum Gasteiger partial charge on any atom is -0.378 e. The van der Waals surface area contributed by atoms with Gasteiger partial charge in [-0.3, -0.25) is 4.79 Å². The van der Waals surface area contributed by atoms with Crippen LogP contribution in [0.25, 0.3) is 10.9 Å². The molecule has 0 radical (unpaired) electrons. The number of hydrogen-bond donors (Lipinski definition) is 2. The van der Waals surface area contributed by atoms with Crippen molar-refractivity contribution in [2.45, 2.75) is 12.7 Å². The summed E-state index contributed by atoms with van der Waals surface area (Å²) < 4.78 is 0. The number of aromatic amines is 1. The van der Waals surface area contributed by atoms with Gasteiger partial charge in [-0.05, 0) is 36.8 Å². The maximum atomic E-state index is 12.0. The summed E-state index contributed by atoms with van der Waals surface area (Å²) in [6, 6.07) is 15.1. The summed E-state index contributed by atoms with van der Waals surface area (Å²) in [5, 5.41) is 1.02. The predicted octanol–water partition coefficient (Wildman–Crippen LogP) is 3.11. The second kappa shape index (κ2) is 6.66. The molecule has 2 aromatic carbocycles. The smallest absolute Gasteiger partial charge is 0.258 e. The van der Waals surface area contributed by atoms with Crippen LogP contribution in [0.5, 0.6) is 0 Å². The van der Waals surface area contributed by atoms with Crippen LogP contribution in [-0.4, -0.2) is 15.1 Å². The molecular formula is C17H16N4OS. The first-order valence-corrected chi connectivity index (χ1v) is 8.12. The Morgan fingerprint density at radius 3 is 2.91 bits per heavy atom. The molecule has 116 valence electrons. The Labute approximate surface area is 137 Å². The average Bonchev–Trinajstić information content (AvgIpc) is 2.53. The lowest BCUT2D eigenvalue weighted by molar-refractivity contribution is 1.04. The first-order chi connectivity index (χ1) is 11.1. The van der Waals surface area contributed by atoms with Gasteiger partial charge in [0.1, 0.15) is 5.82 Å². The number of rotatable bonds is 3. The molecule has 0 aliphatic carbocycles. The minimum atomic E-state index is -0.139. The number of H-pyrrole nitrogens is 1. The van der Waals surface area contributed by atoms with Gasteiger partial charge in [-0.1, -0.05) is 36.0 Å². The normalized spacial score (nSPS) is 11.8. The number of nitrogens with zero attached hydrogens (tertiary/aromatic N) is 2. The number of aromatic nitrogens is 2. The molecule has 0 bridgehead atoms. The number of nitrogens with one attached hydrogen (secondary N) is 1. The molecular weight excluding hydrogens is 308 g/mol. The number of para-hydroxylation sites is 1. The van der Waals surface area contributed by atoms with Crippen LogP contribution in [0.3, 0.4) is 0 Å². The van der Waals surface area contributed by atoms with Gasteiger partial charge in [-0.2, -0.15) is 0 Å². The van der Waals surface area contributed by atoms with Gasteiger partial charge in [-0.15, -0.1) is 0 Å². The molecule has 1 heterocycles. The zero-order valence-corrected chi connectivity index (χ0v) is 13.4. The Bertz CT molecular complexity index is 933. The third-order valence-corrected chi connectivity index (χ3v) is 4.06. The van der Waals surface area contributed by atoms with Crippen molar-refractivity contribution in [3.63, 3.8) is 0 Å². The number of hydrogen-bond acceptors (Lipinski definition) is 4. The molecule has 0 saturated heterocycles. The summed E-state index contributed by atoms with van der Waals surface area (Å²) >= 11 is 1.34. The first kappa shape index (κ1) is 15.3. The van der Waals surface area contributed by atoms with Gasteiger partial charge in [0.05, 0.1) is 22.3 Å². The van der Waals surface area contributed by atoms with Gasteiger partial charge in [0.25, 0.3) is 5.56 Å². The highest BCUT2D eigenvalue weighted by molar-refractivity contribution is 8.13. The molecule has 3 aromatic rings. The summed E-state index contributed by atoms with van der Waals surface area (Å²) in [6.45, 7) is 2.01. The van der Waals surface area contributed by atoms with Gasteiger partial charge >= 0.3 is 0 Å². The predicted molar refractivity (Wildman–Crippen MR) is 96.1 cm³/mol. The van der Waals surface area contributed by atoms with E-state index < -0.39 is 0 Å². The van der Waals surface area contributed by atoms with Gasteiger partial charge in [-0.25, -0.2) is 9.98 Å². The van der Waals surface area contributed by atoms with Crippen molar-refractivity contribution < 1.29 is 0 Å². The fourth-order valence-electron chi connectivity index (χ4n) is 2.20. The maximum absolute atomic E-state index is 12.0. The zero-order chi connectivity index (χ0) is 16.2. The highest BCUT2D eigenvalue weighted by Gasteiger charge is 2.04. The molecule has 0 saturated carbocycles. The van der Waals surface area contributed by atoms with Crippen molar-refractivity contribution in [2.24, 2.45) is 10.7 Å². The molecule has 0 aliphatic rings.